The van der Waals surface area contributed by atoms with E-state index in [4.69, 9.17) is 4.74 Å². The monoisotopic (exact) mass is 390 g/mol. The van der Waals surface area contributed by atoms with Gasteiger partial charge in [-0.1, -0.05) is 0 Å². The average molecular weight is 391 g/mol. The number of nitrogens with zero attached hydrogens (tertiary/aromatic N) is 2. The molecule has 2 aromatic rings. The predicted octanol–water partition coefficient (Wildman–Crippen LogP) is 2.63. The van der Waals surface area contributed by atoms with Gasteiger partial charge in [-0.3, -0.25) is 14.8 Å². The molecule has 1 amide bonds. The van der Waals surface area contributed by atoms with Crippen LogP contribution in [0.3, 0.4) is 0 Å². The van der Waals surface area contributed by atoms with Crippen molar-refractivity contribution in [2.75, 3.05) is 11.9 Å². The second kappa shape index (κ2) is 6.64. The van der Waals surface area contributed by atoms with Crippen molar-refractivity contribution in [3.63, 3.8) is 0 Å². The van der Waals surface area contributed by atoms with Gasteiger partial charge < -0.3 is 15.4 Å². The van der Waals surface area contributed by atoms with E-state index in [0.29, 0.717) is 6.42 Å². The lowest BCUT2D eigenvalue weighted by molar-refractivity contribution is -0.124. The van der Waals surface area contributed by atoms with Crippen LogP contribution in [0.1, 0.15) is 25.7 Å². The Kier molecular flexibility index (Phi) is 4.37. The van der Waals surface area contributed by atoms with Gasteiger partial charge in [-0.2, -0.15) is 0 Å². The van der Waals surface area contributed by atoms with Crippen LogP contribution in [0.5, 0.6) is 0 Å². The maximum atomic E-state index is 11.9. The molecule has 3 unspecified atom stereocenters. The minimum atomic E-state index is -0.00702. The van der Waals surface area contributed by atoms with Gasteiger partial charge >= 0.3 is 0 Å². The number of anilines is 1. The molecule has 24 heavy (non-hydrogen) atoms. The lowest BCUT2D eigenvalue weighted by Gasteiger charge is -2.36. The fraction of sp³-hybridized carbons (Fsp3) is 0.471. The molecule has 0 aromatic carbocycles. The van der Waals surface area contributed by atoms with E-state index in [-0.39, 0.29) is 24.1 Å². The molecule has 0 radical (unpaired) electrons. The Morgan fingerprint density at radius 3 is 3.08 bits per heavy atom. The van der Waals surface area contributed by atoms with Crippen molar-refractivity contribution in [2.24, 2.45) is 0 Å². The summed E-state index contributed by atoms with van der Waals surface area (Å²) in [6.07, 6.45) is 7.00. The number of hydrogen-bond donors (Lipinski definition) is 2. The maximum absolute atomic E-state index is 11.9. The molecular weight excluding hydrogens is 372 g/mol. The van der Waals surface area contributed by atoms with Gasteiger partial charge in [0.25, 0.3) is 0 Å². The van der Waals surface area contributed by atoms with Crippen LogP contribution in [0.25, 0.3) is 11.0 Å². The summed E-state index contributed by atoms with van der Waals surface area (Å²) >= 11 is 3.43. The van der Waals surface area contributed by atoms with E-state index in [2.05, 4.69) is 36.5 Å². The zero-order valence-electron chi connectivity index (χ0n) is 13.2. The topological polar surface area (TPSA) is 76.1 Å². The van der Waals surface area contributed by atoms with E-state index in [1.54, 1.807) is 12.4 Å². The molecule has 4 rings (SSSR count). The van der Waals surface area contributed by atoms with Crippen LogP contribution < -0.4 is 10.6 Å². The van der Waals surface area contributed by atoms with Gasteiger partial charge in [-0.05, 0) is 47.3 Å². The summed E-state index contributed by atoms with van der Waals surface area (Å²) < 4.78 is 6.73. The second-order valence-electron chi connectivity index (χ2n) is 6.31. The Labute approximate surface area is 148 Å². The number of rotatable bonds is 3. The minimum absolute atomic E-state index is 0.00702. The van der Waals surface area contributed by atoms with E-state index in [0.717, 1.165) is 47.1 Å². The highest BCUT2D eigenvalue weighted by molar-refractivity contribution is 9.10. The molecule has 2 aliphatic rings. The number of ether oxygens (including phenoxy) is 1. The number of fused-ring (bicyclic) bond motifs is 1. The third-order valence-corrected chi connectivity index (χ3v) is 5.13. The number of nitrogens with one attached hydrogen (secondary N) is 2. The molecule has 126 valence electrons. The van der Waals surface area contributed by atoms with Gasteiger partial charge in [0.1, 0.15) is 5.52 Å². The molecule has 0 bridgehead atoms. The largest absolute Gasteiger partial charge is 0.378 e. The van der Waals surface area contributed by atoms with Crippen molar-refractivity contribution in [2.45, 2.75) is 43.9 Å². The van der Waals surface area contributed by atoms with Crippen LogP contribution in [0.4, 0.5) is 5.69 Å². The number of hydrogen-bond acceptors (Lipinski definition) is 5. The number of halogens is 1. The quantitative estimate of drug-likeness (QED) is 0.842. The highest BCUT2D eigenvalue weighted by Gasteiger charge is 2.37. The molecule has 0 aliphatic carbocycles. The minimum Gasteiger partial charge on any atom is -0.378 e. The summed E-state index contributed by atoms with van der Waals surface area (Å²) in [5.41, 5.74) is 2.61. The number of piperidine rings is 1. The highest BCUT2D eigenvalue weighted by Crippen LogP contribution is 2.28. The summed E-state index contributed by atoms with van der Waals surface area (Å²) in [5, 5.41) is 6.69. The number of carbonyl (C=O) groups is 1. The predicted molar refractivity (Wildman–Crippen MR) is 94.8 cm³/mol. The van der Waals surface area contributed by atoms with Crippen molar-refractivity contribution < 1.29 is 9.53 Å². The van der Waals surface area contributed by atoms with Gasteiger partial charge in [-0.15, -0.1) is 0 Å². The molecule has 4 heterocycles. The van der Waals surface area contributed by atoms with Crippen molar-refractivity contribution in [3.05, 3.63) is 29.0 Å². The number of amides is 1. The lowest BCUT2D eigenvalue weighted by Crippen LogP contribution is -2.56. The zero-order chi connectivity index (χ0) is 16.5. The van der Waals surface area contributed by atoms with E-state index in [1.807, 2.05) is 12.1 Å². The lowest BCUT2D eigenvalue weighted by atomic mass is 9.92. The molecule has 0 saturated carbocycles. The number of aromatic nitrogens is 2. The van der Waals surface area contributed by atoms with Gasteiger partial charge in [-0.25, -0.2) is 0 Å². The SMILES string of the molecule is O=C1CCC(Nc2ccnc3cc(Br)cnc23)C(C2CCCO2)N1. The van der Waals surface area contributed by atoms with E-state index < -0.39 is 0 Å². The first-order valence-corrected chi connectivity index (χ1v) is 9.08. The average Bonchev–Trinajstić information content (AvgIpc) is 3.11. The van der Waals surface area contributed by atoms with Gasteiger partial charge in [0.15, 0.2) is 0 Å². The van der Waals surface area contributed by atoms with Gasteiger partial charge in [0.2, 0.25) is 5.91 Å². The Bertz CT molecular complexity index is 763. The molecule has 3 atom stereocenters. The molecule has 0 spiro atoms. The summed E-state index contributed by atoms with van der Waals surface area (Å²) in [4.78, 5) is 20.7. The van der Waals surface area contributed by atoms with Gasteiger partial charge in [0.05, 0.1) is 23.3 Å². The van der Waals surface area contributed by atoms with E-state index in [9.17, 15) is 4.79 Å². The van der Waals surface area contributed by atoms with E-state index in [1.165, 1.54) is 0 Å². The number of carbonyl (C=O) groups excluding carboxylic acids is 1. The first kappa shape index (κ1) is 15.8. The third kappa shape index (κ3) is 3.10. The molecule has 2 aliphatic heterocycles. The van der Waals surface area contributed by atoms with Crippen LogP contribution in [0, 0.1) is 0 Å². The first-order valence-electron chi connectivity index (χ1n) is 8.28. The van der Waals surface area contributed by atoms with E-state index >= 15 is 0 Å². The van der Waals surface area contributed by atoms with Crippen LogP contribution >= 0.6 is 15.9 Å². The highest BCUT2D eigenvalue weighted by atomic mass is 79.9. The molecule has 2 aromatic heterocycles. The normalized spacial score (nSPS) is 27.2. The smallest absolute Gasteiger partial charge is 0.220 e. The van der Waals surface area contributed by atoms with Crippen molar-refractivity contribution in [1.82, 2.24) is 15.3 Å². The molecule has 7 heteroatoms. The fourth-order valence-corrected chi connectivity index (χ4v) is 3.87. The van der Waals surface area contributed by atoms with Gasteiger partial charge in [0, 0.05) is 35.9 Å². The molecule has 2 fully saturated rings. The summed E-state index contributed by atoms with van der Waals surface area (Å²) in [6.45, 7) is 0.775. The maximum Gasteiger partial charge on any atom is 0.220 e. The molecular formula is C17H19BrN4O2. The Morgan fingerprint density at radius 2 is 2.25 bits per heavy atom. The van der Waals surface area contributed by atoms with Crippen LogP contribution in [0.2, 0.25) is 0 Å². The standard InChI is InChI=1S/C17H19BrN4O2/c18-10-8-13-16(20-9-10)12(5-6-19-13)21-11-3-4-15(23)22-17(11)14-2-1-7-24-14/h5-6,8-9,11,14,17H,1-4,7H2,(H,19,21)(H,22,23). The number of pyridine rings is 2. The van der Waals surface area contributed by atoms with Crippen LogP contribution in [-0.2, 0) is 9.53 Å². The Morgan fingerprint density at radius 1 is 1.33 bits per heavy atom. The fourth-order valence-electron chi connectivity index (χ4n) is 3.55. The van der Waals surface area contributed by atoms with Crippen LogP contribution in [-0.4, -0.2) is 40.7 Å². The third-order valence-electron chi connectivity index (χ3n) is 4.69. The Hall–Kier alpha value is -1.73. The van der Waals surface area contributed by atoms with Crippen molar-refractivity contribution in [3.8, 4) is 0 Å². The summed E-state index contributed by atoms with van der Waals surface area (Å²) in [6, 6.07) is 4.01. The summed E-state index contributed by atoms with van der Waals surface area (Å²) in [5.74, 6) is 0.107. The first-order chi connectivity index (χ1) is 11.7. The summed E-state index contributed by atoms with van der Waals surface area (Å²) in [7, 11) is 0. The Balaban J connectivity index is 1.62. The molecule has 2 N–H and O–H groups in total. The van der Waals surface area contributed by atoms with Crippen molar-refractivity contribution >= 4 is 38.6 Å². The molecule has 2 saturated heterocycles. The second-order valence-corrected chi connectivity index (χ2v) is 7.23. The van der Waals surface area contributed by atoms with Crippen molar-refractivity contribution in [1.29, 1.82) is 0 Å². The van der Waals surface area contributed by atoms with Crippen LogP contribution in [0.15, 0.2) is 29.0 Å². The zero-order valence-corrected chi connectivity index (χ0v) is 14.8. The molecule has 6 nitrogen and oxygen atoms in total.